The second kappa shape index (κ2) is 9.61. The van der Waals surface area contributed by atoms with Crippen molar-refractivity contribution in [1.82, 2.24) is 19.4 Å². The van der Waals surface area contributed by atoms with E-state index >= 15 is 0 Å². The zero-order valence-corrected chi connectivity index (χ0v) is 20.7. The van der Waals surface area contributed by atoms with E-state index in [9.17, 15) is 4.79 Å². The van der Waals surface area contributed by atoms with Crippen LogP contribution in [-0.4, -0.2) is 52.7 Å². The third kappa shape index (κ3) is 4.66. The number of nitrogens with one attached hydrogen (secondary N) is 1. The highest BCUT2D eigenvalue weighted by Crippen LogP contribution is 2.44. The molecule has 0 amide bonds. The van der Waals surface area contributed by atoms with E-state index in [2.05, 4.69) is 51.4 Å². The molecule has 1 N–H and O–H groups in total. The molecule has 3 aromatic rings. The van der Waals surface area contributed by atoms with Gasteiger partial charge in [0.05, 0.1) is 0 Å². The molecule has 3 heterocycles. The molecule has 2 saturated carbocycles. The highest BCUT2D eigenvalue weighted by molar-refractivity contribution is 5.76. The summed E-state index contributed by atoms with van der Waals surface area (Å²) >= 11 is 0. The molecule has 3 unspecified atom stereocenters. The number of hydrogen-bond acceptors (Lipinski definition) is 6. The number of benzene rings is 1. The number of aromatic nitrogens is 3. The lowest BCUT2D eigenvalue weighted by atomic mass is 9.69. The predicted molar refractivity (Wildman–Crippen MR) is 142 cm³/mol. The summed E-state index contributed by atoms with van der Waals surface area (Å²) in [6.45, 7) is 4.29. The first-order valence-corrected chi connectivity index (χ1v) is 13.3. The second-order valence-corrected chi connectivity index (χ2v) is 10.7. The van der Waals surface area contributed by atoms with Gasteiger partial charge in [-0.3, -0.25) is 9.36 Å². The molecular weight excluding hydrogens is 436 g/mol. The fourth-order valence-electron chi connectivity index (χ4n) is 6.48. The normalized spacial score (nSPS) is 25.4. The van der Waals surface area contributed by atoms with Crippen molar-refractivity contribution < 1.29 is 0 Å². The van der Waals surface area contributed by atoms with E-state index < -0.39 is 0 Å². The first-order chi connectivity index (χ1) is 17.1. The molecule has 1 saturated heterocycles. The molecule has 0 spiro atoms. The lowest BCUT2D eigenvalue weighted by molar-refractivity contribution is 0.133. The fraction of sp³-hybridized carbons (Fsp3) is 0.536. The largest absolute Gasteiger partial charge is 0.369 e. The van der Waals surface area contributed by atoms with Gasteiger partial charge in [-0.05, 0) is 68.5 Å². The molecule has 7 heteroatoms. The first-order valence-electron chi connectivity index (χ1n) is 13.3. The van der Waals surface area contributed by atoms with Crippen LogP contribution >= 0.6 is 0 Å². The third-order valence-corrected chi connectivity index (χ3v) is 8.54. The van der Waals surface area contributed by atoms with Gasteiger partial charge in [-0.15, -0.1) is 0 Å². The van der Waals surface area contributed by atoms with E-state index in [0.717, 1.165) is 67.6 Å². The zero-order valence-electron chi connectivity index (χ0n) is 20.7. The van der Waals surface area contributed by atoms with Crippen molar-refractivity contribution in [3.63, 3.8) is 0 Å². The van der Waals surface area contributed by atoms with Gasteiger partial charge in [0.1, 0.15) is 5.65 Å². The molecular formula is C28H36N6O. The molecule has 35 heavy (non-hydrogen) atoms. The number of anilines is 3. The zero-order chi connectivity index (χ0) is 23.8. The molecule has 3 aliphatic rings. The standard InChI is InChI=1S/C28H36N6O/c1-32-14-16-33(17-15-32)24-11-8-23(9-12-24)30-28-29-19-22-7-13-26(35)34(27(22)31-28)25-10-6-20-4-2-3-5-21(20)18-25/h7-9,11-13,19-21,25H,2-6,10,14-18H2,1H3,(H,29,30,31). The number of nitrogens with zero attached hydrogens (tertiary/aromatic N) is 5. The van der Waals surface area contributed by atoms with Gasteiger partial charge < -0.3 is 15.1 Å². The molecule has 2 aliphatic carbocycles. The van der Waals surface area contributed by atoms with Crippen LogP contribution in [0.5, 0.6) is 0 Å². The number of likely N-dealkylation sites (N-methyl/N-ethyl adjacent to an activating group) is 1. The van der Waals surface area contributed by atoms with Gasteiger partial charge in [-0.2, -0.15) is 4.98 Å². The molecule has 0 bridgehead atoms. The third-order valence-electron chi connectivity index (χ3n) is 8.54. The number of piperazine rings is 1. The van der Waals surface area contributed by atoms with E-state index in [4.69, 9.17) is 4.98 Å². The summed E-state index contributed by atoms with van der Waals surface area (Å²) in [6.07, 6.45) is 10.6. The minimum Gasteiger partial charge on any atom is -0.369 e. The van der Waals surface area contributed by atoms with Crippen LogP contribution in [0.2, 0.25) is 0 Å². The minimum atomic E-state index is 0.0536. The summed E-state index contributed by atoms with van der Waals surface area (Å²) in [6, 6.07) is 12.3. The molecule has 6 rings (SSSR count). The number of pyridine rings is 1. The van der Waals surface area contributed by atoms with Crippen molar-refractivity contribution in [2.75, 3.05) is 43.4 Å². The highest BCUT2D eigenvalue weighted by Gasteiger charge is 2.33. The molecule has 7 nitrogen and oxygen atoms in total. The summed E-state index contributed by atoms with van der Waals surface area (Å²) in [5.74, 6) is 2.14. The van der Waals surface area contributed by atoms with E-state index in [0.29, 0.717) is 5.95 Å². The van der Waals surface area contributed by atoms with Gasteiger partial charge in [0.2, 0.25) is 5.95 Å². The summed E-state index contributed by atoms with van der Waals surface area (Å²) in [7, 11) is 2.18. The van der Waals surface area contributed by atoms with Gasteiger partial charge in [0, 0.05) is 61.2 Å². The molecule has 1 aromatic carbocycles. The van der Waals surface area contributed by atoms with Crippen molar-refractivity contribution in [3.8, 4) is 0 Å². The number of hydrogen-bond donors (Lipinski definition) is 1. The Morgan fingerprint density at radius 3 is 2.46 bits per heavy atom. The maximum atomic E-state index is 13.0. The highest BCUT2D eigenvalue weighted by atomic mass is 16.1. The van der Waals surface area contributed by atoms with Crippen LogP contribution in [0, 0.1) is 11.8 Å². The summed E-state index contributed by atoms with van der Waals surface area (Å²) in [5.41, 5.74) is 3.01. The van der Waals surface area contributed by atoms with E-state index in [1.807, 2.05) is 16.8 Å². The Kier molecular flexibility index (Phi) is 6.19. The Morgan fingerprint density at radius 2 is 1.66 bits per heavy atom. The van der Waals surface area contributed by atoms with Gasteiger partial charge in [-0.25, -0.2) is 4.98 Å². The van der Waals surface area contributed by atoms with E-state index in [1.165, 1.54) is 37.8 Å². The maximum absolute atomic E-state index is 13.0. The Labute approximate surface area is 207 Å². The van der Waals surface area contributed by atoms with Crippen molar-refractivity contribution in [3.05, 3.63) is 52.9 Å². The fourth-order valence-corrected chi connectivity index (χ4v) is 6.48. The van der Waals surface area contributed by atoms with Crippen LogP contribution in [0.4, 0.5) is 17.3 Å². The minimum absolute atomic E-state index is 0.0536. The predicted octanol–water partition coefficient (Wildman–Crippen LogP) is 4.82. The maximum Gasteiger partial charge on any atom is 0.252 e. The van der Waals surface area contributed by atoms with Crippen LogP contribution in [-0.2, 0) is 0 Å². The van der Waals surface area contributed by atoms with Crippen molar-refractivity contribution in [1.29, 1.82) is 0 Å². The monoisotopic (exact) mass is 472 g/mol. The quantitative estimate of drug-likeness (QED) is 0.587. The first kappa shape index (κ1) is 22.5. The molecule has 3 atom stereocenters. The molecule has 184 valence electrons. The van der Waals surface area contributed by atoms with E-state index in [1.54, 1.807) is 6.07 Å². The van der Waals surface area contributed by atoms with Crippen LogP contribution in [0.25, 0.3) is 11.0 Å². The van der Waals surface area contributed by atoms with Gasteiger partial charge >= 0.3 is 0 Å². The molecule has 2 aromatic heterocycles. The molecule has 3 fully saturated rings. The Balaban J connectivity index is 1.23. The smallest absolute Gasteiger partial charge is 0.252 e. The van der Waals surface area contributed by atoms with Crippen LogP contribution < -0.4 is 15.8 Å². The van der Waals surface area contributed by atoms with Crippen molar-refractivity contribution in [2.24, 2.45) is 11.8 Å². The molecule has 1 aliphatic heterocycles. The van der Waals surface area contributed by atoms with Crippen LogP contribution in [0.15, 0.2) is 47.4 Å². The summed E-state index contributed by atoms with van der Waals surface area (Å²) in [4.78, 5) is 27.2. The summed E-state index contributed by atoms with van der Waals surface area (Å²) in [5, 5.41) is 4.29. The van der Waals surface area contributed by atoms with Gasteiger partial charge in [-0.1, -0.05) is 25.7 Å². The number of fused-ring (bicyclic) bond motifs is 2. The van der Waals surface area contributed by atoms with Crippen LogP contribution in [0.3, 0.4) is 0 Å². The molecule has 0 radical (unpaired) electrons. The van der Waals surface area contributed by atoms with Crippen LogP contribution in [0.1, 0.15) is 51.0 Å². The summed E-state index contributed by atoms with van der Waals surface area (Å²) < 4.78 is 1.96. The van der Waals surface area contributed by atoms with E-state index in [-0.39, 0.29) is 11.6 Å². The van der Waals surface area contributed by atoms with Gasteiger partial charge in [0.15, 0.2) is 0 Å². The average molecular weight is 473 g/mol. The average Bonchev–Trinajstić information content (AvgIpc) is 2.89. The second-order valence-electron chi connectivity index (χ2n) is 10.7. The Bertz CT molecular complexity index is 1230. The Hall–Kier alpha value is -2.93. The van der Waals surface area contributed by atoms with Crippen molar-refractivity contribution >= 4 is 28.4 Å². The number of rotatable bonds is 4. The Morgan fingerprint density at radius 1 is 0.886 bits per heavy atom. The topological polar surface area (TPSA) is 66.3 Å². The van der Waals surface area contributed by atoms with Gasteiger partial charge in [0.25, 0.3) is 5.56 Å². The van der Waals surface area contributed by atoms with Crippen molar-refractivity contribution in [2.45, 2.75) is 51.0 Å². The lowest BCUT2D eigenvalue weighted by Gasteiger charge is -2.40. The lowest BCUT2D eigenvalue weighted by Crippen LogP contribution is -2.44. The SMILES string of the molecule is CN1CCN(c2ccc(Nc3ncc4ccc(=O)n(C5CCC6CCCCC6C5)c4n3)cc2)CC1.